The number of hydrogen-bond donors (Lipinski definition) is 1. The molecule has 0 amide bonds. The molecule has 0 aliphatic rings. The molecule has 2 nitrogen and oxygen atoms in total. The van der Waals surface area contributed by atoms with Crippen LogP contribution in [0.1, 0.15) is 12.0 Å². The molecule has 0 aromatic carbocycles. The van der Waals surface area contributed by atoms with Gasteiger partial charge in [0.1, 0.15) is 0 Å². The Balaban J connectivity index is 2.61. The highest BCUT2D eigenvalue weighted by atomic mass is 79.9. The fourth-order valence-electron chi connectivity index (χ4n) is 1.36. The van der Waals surface area contributed by atoms with Crippen LogP contribution in [0.2, 0.25) is 0 Å². The quantitative estimate of drug-likeness (QED) is 0.818. The lowest BCUT2D eigenvalue weighted by atomic mass is 10.1. The molecule has 76 valence electrons. The summed E-state index contributed by atoms with van der Waals surface area (Å²) >= 11 is 3.41. The number of halogens is 1. The highest BCUT2D eigenvalue weighted by molar-refractivity contribution is 9.10. The lowest BCUT2D eigenvalue weighted by Crippen LogP contribution is -2.26. The van der Waals surface area contributed by atoms with Crippen molar-refractivity contribution in [1.82, 2.24) is 10.3 Å². The summed E-state index contributed by atoms with van der Waals surface area (Å²) in [6.45, 7) is 3.74. The summed E-state index contributed by atoms with van der Waals surface area (Å²) in [6.07, 6.45) is 7.59. The van der Waals surface area contributed by atoms with Gasteiger partial charge < -0.3 is 5.32 Å². The summed E-state index contributed by atoms with van der Waals surface area (Å²) in [5, 5.41) is 3.26. The Morgan fingerprint density at radius 1 is 1.64 bits per heavy atom. The Labute approximate surface area is 93.6 Å². The molecule has 0 bridgehead atoms. The minimum absolute atomic E-state index is 0.448. The van der Waals surface area contributed by atoms with Crippen LogP contribution in [0.5, 0.6) is 0 Å². The van der Waals surface area contributed by atoms with E-state index in [1.165, 1.54) is 5.56 Å². The van der Waals surface area contributed by atoms with E-state index in [1.54, 1.807) is 6.20 Å². The van der Waals surface area contributed by atoms with E-state index < -0.39 is 0 Å². The van der Waals surface area contributed by atoms with E-state index in [4.69, 9.17) is 0 Å². The average Bonchev–Trinajstić information content (AvgIpc) is 2.17. The molecule has 1 aromatic rings. The van der Waals surface area contributed by atoms with Crippen LogP contribution < -0.4 is 5.32 Å². The van der Waals surface area contributed by atoms with Gasteiger partial charge in [0, 0.05) is 22.9 Å². The number of nitrogens with one attached hydrogen (secondary N) is 1. The van der Waals surface area contributed by atoms with E-state index >= 15 is 0 Å². The molecule has 1 aromatic heterocycles. The fraction of sp³-hybridized carbons (Fsp3) is 0.364. The zero-order valence-electron chi connectivity index (χ0n) is 8.33. The van der Waals surface area contributed by atoms with Gasteiger partial charge >= 0.3 is 0 Å². The predicted octanol–water partition coefficient (Wildman–Crippen LogP) is 2.55. The van der Waals surface area contributed by atoms with Crippen molar-refractivity contribution in [1.29, 1.82) is 0 Å². The van der Waals surface area contributed by atoms with Crippen molar-refractivity contribution in [3.63, 3.8) is 0 Å². The first-order valence-electron chi connectivity index (χ1n) is 4.64. The highest BCUT2D eigenvalue weighted by Crippen LogP contribution is 2.12. The van der Waals surface area contributed by atoms with E-state index in [0.717, 1.165) is 17.3 Å². The molecule has 0 aliphatic carbocycles. The standard InChI is InChI=1S/C11H15BrN2/c1-3-4-11(13-2)6-9-5-10(12)8-14-7-9/h3,5,7-8,11,13H,1,4,6H2,2H3. The number of hydrogen-bond acceptors (Lipinski definition) is 2. The monoisotopic (exact) mass is 254 g/mol. The van der Waals surface area contributed by atoms with Crippen molar-refractivity contribution >= 4 is 15.9 Å². The predicted molar refractivity (Wildman–Crippen MR) is 63.3 cm³/mol. The van der Waals surface area contributed by atoms with Gasteiger partial charge in [-0.1, -0.05) is 6.08 Å². The summed E-state index contributed by atoms with van der Waals surface area (Å²) in [7, 11) is 1.97. The molecule has 1 atom stereocenters. The molecule has 0 fully saturated rings. The summed E-state index contributed by atoms with van der Waals surface area (Å²) < 4.78 is 1.03. The normalized spacial score (nSPS) is 12.4. The van der Waals surface area contributed by atoms with Crippen LogP contribution in [0.15, 0.2) is 35.6 Å². The minimum atomic E-state index is 0.448. The second-order valence-electron chi connectivity index (χ2n) is 3.23. The molecule has 0 aliphatic heterocycles. The van der Waals surface area contributed by atoms with E-state index in [2.05, 4.69) is 38.9 Å². The zero-order valence-corrected chi connectivity index (χ0v) is 9.92. The van der Waals surface area contributed by atoms with Crippen molar-refractivity contribution in [2.24, 2.45) is 0 Å². The third kappa shape index (κ3) is 3.60. The Kier molecular flexibility index (Phi) is 4.84. The summed E-state index contributed by atoms with van der Waals surface area (Å²) in [6, 6.07) is 2.55. The van der Waals surface area contributed by atoms with E-state index in [1.807, 2.05) is 19.3 Å². The van der Waals surface area contributed by atoms with Crippen molar-refractivity contribution in [3.05, 3.63) is 41.2 Å². The highest BCUT2D eigenvalue weighted by Gasteiger charge is 2.05. The van der Waals surface area contributed by atoms with E-state index in [0.29, 0.717) is 6.04 Å². The summed E-state index contributed by atoms with van der Waals surface area (Å²) in [5.41, 5.74) is 1.24. The number of rotatable bonds is 5. The number of likely N-dealkylation sites (N-methyl/N-ethyl adjacent to an activating group) is 1. The van der Waals surface area contributed by atoms with Gasteiger partial charge in [-0.2, -0.15) is 0 Å². The van der Waals surface area contributed by atoms with Gasteiger partial charge in [0.05, 0.1) is 0 Å². The Morgan fingerprint density at radius 3 is 3.00 bits per heavy atom. The molecule has 1 N–H and O–H groups in total. The van der Waals surface area contributed by atoms with Gasteiger partial charge in [-0.3, -0.25) is 4.98 Å². The maximum Gasteiger partial charge on any atom is 0.0410 e. The van der Waals surface area contributed by atoms with Crippen LogP contribution in [-0.4, -0.2) is 18.1 Å². The van der Waals surface area contributed by atoms with Gasteiger partial charge in [-0.15, -0.1) is 6.58 Å². The van der Waals surface area contributed by atoms with Gasteiger partial charge in [0.15, 0.2) is 0 Å². The van der Waals surface area contributed by atoms with Crippen molar-refractivity contribution in [3.8, 4) is 0 Å². The fourth-order valence-corrected chi connectivity index (χ4v) is 1.77. The van der Waals surface area contributed by atoms with Crippen LogP contribution in [0.4, 0.5) is 0 Å². The third-order valence-electron chi connectivity index (χ3n) is 2.10. The summed E-state index contributed by atoms with van der Waals surface area (Å²) in [4.78, 5) is 4.13. The number of pyridine rings is 1. The smallest absolute Gasteiger partial charge is 0.0410 e. The zero-order chi connectivity index (χ0) is 10.4. The second-order valence-corrected chi connectivity index (χ2v) is 4.14. The largest absolute Gasteiger partial charge is 0.316 e. The van der Waals surface area contributed by atoms with Gasteiger partial charge in [0.2, 0.25) is 0 Å². The Bertz CT molecular complexity index is 299. The third-order valence-corrected chi connectivity index (χ3v) is 2.54. The first-order chi connectivity index (χ1) is 6.76. The molecule has 0 saturated heterocycles. The maximum atomic E-state index is 4.13. The van der Waals surface area contributed by atoms with Crippen LogP contribution in [0.25, 0.3) is 0 Å². The van der Waals surface area contributed by atoms with E-state index in [-0.39, 0.29) is 0 Å². The van der Waals surface area contributed by atoms with Crippen molar-refractivity contribution < 1.29 is 0 Å². The maximum absolute atomic E-state index is 4.13. The van der Waals surface area contributed by atoms with Gasteiger partial charge in [-0.05, 0) is 47.4 Å². The average molecular weight is 255 g/mol. The molecule has 14 heavy (non-hydrogen) atoms. The van der Waals surface area contributed by atoms with Gasteiger partial charge in [0.25, 0.3) is 0 Å². The first kappa shape index (κ1) is 11.4. The number of nitrogens with zero attached hydrogens (tertiary/aromatic N) is 1. The molecule has 0 saturated carbocycles. The van der Waals surface area contributed by atoms with Crippen molar-refractivity contribution in [2.45, 2.75) is 18.9 Å². The number of aromatic nitrogens is 1. The van der Waals surface area contributed by atoms with E-state index in [9.17, 15) is 0 Å². The van der Waals surface area contributed by atoms with Crippen molar-refractivity contribution in [2.75, 3.05) is 7.05 Å². The first-order valence-corrected chi connectivity index (χ1v) is 5.43. The lowest BCUT2D eigenvalue weighted by molar-refractivity contribution is 0.565. The molecule has 1 unspecified atom stereocenters. The topological polar surface area (TPSA) is 24.9 Å². The SMILES string of the molecule is C=CCC(Cc1cncc(Br)c1)NC. The molecule has 0 radical (unpaired) electrons. The summed E-state index contributed by atoms with van der Waals surface area (Å²) in [5.74, 6) is 0. The van der Waals surface area contributed by atoms with Crippen LogP contribution in [-0.2, 0) is 6.42 Å². The molecular formula is C11H15BrN2. The Hall–Kier alpha value is -0.670. The Morgan fingerprint density at radius 2 is 2.43 bits per heavy atom. The lowest BCUT2D eigenvalue weighted by Gasteiger charge is -2.13. The molecule has 0 spiro atoms. The van der Waals surface area contributed by atoms with Crippen LogP contribution in [0, 0.1) is 0 Å². The molecule has 1 rings (SSSR count). The molecular weight excluding hydrogens is 240 g/mol. The minimum Gasteiger partial charge on any atom is -0.316 e. The van der Waals surface area contributed by atoms with Crippen LogP contribution in [0.3, 0.4) is 0 Å². The van der Waals surface area contributed by atoms with Gasteiger partial charge in [-0.25, -0.2) is 0 Å². The second kappa shape index (κ2) is 5.94. The molecule has 1 heterocycles. The molecule has 3 heteroatoms. The van der Waals surface area contributed by atoms with Crippen LogP contribution >= 0.6 is 15.9 Å².